The number of esters is 1. The number of benzene rings is 1. The van der Waals surface area contributed by atoms with Crippen molar-refractivity contribution in [2.75, 3.05) is 26.0 Å². The maximum atomic E-state index is 12.8. The summed E-state index contributed by atoms with van der Waals surface area (Å²) in [5.74, 6) is -0.274. The van der Waals surface area contributed by atoms with E-state index in [0.29, 0.717) is 30.8 Å². The van der Waals surface area contributed by atoms with E-state index in [1.54, 1.807) is 23.2 Å². The van der Waals surface area contributed by atoms with Crippen molar-refractivity contribution in [3.8, 4) is 0 Å². The summed E-state index contributed by atoms with van der Waals surface area (Å²) >= 11 is 0. The fourth-order valence-electron chi connectivity index (χ4n) is 2.40. The van der Waals surface area contributed by atoms with Crippen molar-refractivity contribution in [1.29, 1.82) is 0 Å². The molecule has 1 amide bonds. The number of ether oxygens (including phenoxy) is 1. The molecule has 8 heteroatoms. The molecule has 0 aliphatic heterocycles. The Morgan fingerprint density at radius 1 is 1.19 bits per heavy atom. The largest absolute Gasteiger partial charge is 0.468 e. The van der Waals surface area contributed by atoms with Crippen LogP contribution >= 0.6 is 0 Å². The molecule has 0 spiro atoms. The Balaban J connectivity index is 1.95. The van der Waals surface area contributed by atoms with Gasteiger partial charge in [0, 0.05) is 31.2 Å². The minimum Gasteiger partial charge on any atom is -0.468 e. The molecule has 144 valence electrons. The van der Waals surface area contributed by atoms with Gasteiger partial charge >= 0.3 is 5.97 Å². The second kappa shape index (κ2) is 11.2. The standard InChI is InChI=1S/C19H23N3O4S/c1-26-18(23)14-21-27(25)12-6-11-22(15-16-7-3-2-4-8-16)19(24)17-9-5-10-20-13-17/h2-5,7-10,13,21H,6,11-12,14-15H2,1H3. The summed E-state index contributed by atoms with van der Waals surface area (Å²) in [6.07, 6.45) is 3.68. The first-order valence-corrected chi connectivity index (χ1v) is 9.84. The lowest BCUT2D eigenvalue weighted by atomic mass is 10.2. The van der Waals surface area contributed by atoms with Crippen molar-refractivity contribution in [2.45, 2.75) is 13.0 Å². The lowest BCUT2D eigenvalue weighted by Gasteiger charge is -2.23. The Kier molecular flexibility index (Phi) is 8.60. The molecule has 1 atom stereocenters. The van der Waals surface area contributed by atoms with Gasteiger partial charge in [0.2, 0.25) is 0 Å². The van der Waals surface area contributed by atoms with Gasteiger partial charge in [-0.05, 0) is 24.1 Å². The van der Waals surface area contributed by atoms with Gasteiger partial charge in [-0.2, -0.15) is 0 Å². The molecule has 0 bridgehead atoms. The fraction of sp³-hybridized carbons (Fsp3) is 0.316. The maximum absolute atomic E-state index is 12.8. The zero-order valence-electron chi connectivity index (χ0n) is 15.2. The summed E-state index contributed by atoms with van der Waals surface area (Å²) in [6, 6.07) is 13.1. The average Bonchev–Trinajstić information content (AvgIpc) is 2.72. The molecule has 0 aliphatic carbocycles. The Bertz CT molecular complexity index is 756. The van der Waals surface area contributed by atoms with Crippen LogP contribution in [0.5, 0.6) is 0 Å². The van der Waals surface area contributed by atoms with Crippen molar-refractivity contribution < 1.29 is 18.5 Å². The number of carbonyl (C=O) groups excluding carboxylic acids is 2. The Labute approximate surface area is 161 Å². The van der Waals surface area contributed by atoms with Crippen LogP contribution in [0, 0.1) is 0 Å². The van der Waals surface area contributed by atoms with Gasteiger partial charge in [0.15, 0.2) is 0 Å². The average molecular weight is 389 g/mol. The van der Waals surface area contributed by atoms with Crippen LogP contribution in [0.25, 0.3) is 0 Å². The zero-order chi connectivity index (χ0) is 19.5. The molecule has 0 fully saturated rings. The number of hydrogen-bond donors (Lipinski definition) is 1. The molecule has 1 aromatic heterocycles. The first-order valence-electron chi connectivity index (χ1n) is 8.52. The monoisotopic (exact) mass is 389 g/mol. The number of hydrogen-bond acceptors (Lipinski definition) is 5. The fourth-order valence-corrected chi connectivity index (χ4v) is 3.21. The highest BCUT2D eigenvalue weighted by Crippen LogP contribution is 2.10. The Morgan fingerprint density at radius 3 is 2.63 bits per heavy atom. The number of nitrogens with zero attached hydrogens (tertiary/aromatic N) is 2. The minimum atomic E-state index is -1.36. The van der Waals surface area contributed by atoms with Crippen LogP contribution in [-0.2, 0) is 27.1 Å². The molecule has 2 rings (SSSR count). The highest BCUT2D eigenvalue weighted by atomic mass is 32.2. The van der Waals surface area contributed by atoms with E-state index in [2.05, 4.69) is 14.4 Å². The van der Waals surface area contributed by atoms with Crippen LogP contribution < -0.4 is 4.72 Å². The van der Waals surface area contributed by atoms with Crippen molar-refractivity contribution >= 4 is 22.9 Å². The SMILES string of the molecule is COC(=O)CNS(=O)CCCN(Cc1ccccc1)C(=O)c1cccnc1. The molecule has 7 nitrogen and oxygen atoms in total. The molecular weight excluding hydrogens is 366 g/mol. The lowest BCUT2D eigenvalue weighted by molar-refractivity contribution is -0.139. The molecule has 27 heavy (non-hydrogen) atoms. The number of methoxy groups -OCH3 is 1. The molecule has 0 saturated heterocycles. The normalized spacial score (nSPS) is 11.6. The van der Waals surface area contributed by atoms with E-state index in [4.69, 9.17) is 0 Å². The number of amides is 1. The third-order valence-electron chi connectivity index (χ3n) is 3.77. The first-order chi connectivity index (χ1) is 13.1. The smallest absolute Gasteiger partial charge is 0.320 e. The third-order valence-corrected chi connectivity index (χ3v) is 4.90. The summed E-state index contributed by atoms with van der Waals surface area (Å²) in [7, 11) is -0.0877. The number of aromatic nitrogens is 1. The molecule has 1 heterocycles. The quantitative estimate of drug-likeness (QED) is 0.623. The first kappa shape index (κ1) is 20.7. The van der Waals surface area contributed by atoms with Gasteiger partial charge in [0.25, 0.3) is 5.91 Å². The van der Waals surface area contributed by atoms with Gasteiger partial charge < -0.3 is 9.64 Å². The number of carbonyl (C=O) groups is 2. The predicted octanol–water partition coefficient (Wildman–Crippen LogP) is 1.54. The summed E-state index contributed by atoms with van der Waals surface area (Å²) < 4.78 is 19.0. The predicted molar refractivity (Wildman–Crippen MR) is 103 cm³/mol. The molecular formula is C19H23N3O4S. The van der Waals surface area contributed by atoms with E-state index in [0.717, 1.165) is 5.56 Å². The highest BCUT2D eigenvalue weighted by molar-refractivity contribution is 7.83. The van der Waals surface area contributed by atoms with Gasteiger partial charge in [0.1, 0.15) is 6.54 Å². The molecule has 1 aromatic carbocycles. The van der Waals surface area contributed by atoms with Crippen LogP contribution in [0.1, 0.15) is 22.3 Å². The van der Waals surface area contributed by atoms with E-state index >= 15 is 0 Å². The van der Waals surface area contributed by atoms with Crippen LogP contribution in [0.15, 0.2) is 54.9 Å². The molecule has 0 radical (unpaired) electrons. The van der Waals surface area contributed by atoms with Crippen LogP contribution in [-0.4, -0.2) is 51.9 Å². The van der Waals surface area contributed by atoms with E-state index in [-0.39, 0.29) is 12.5 Å². The molecule has 1 N–H and O–H groups in total. The van der Waals surface area contributed by atoms with E-state index < -0.39 is 17.0 Å². The summed E-state index contributed by atoms with van der Waals surface area (Å²) in [5, 5.41) is 0. The van der Waals surface area contributed by atoms with Crippen LogP contribution in [0.4, 0.5) is 0 Å². The molecule has 1 unspecified atom stereocenters. The van der Waals surface area contributed by atoms with Gasteiger partial charge in [-0.25, -0.2) is 8.93 Å². The van der Waals surface area contributed by atoms with Gasteiger partial charge in [-0.1, -0.05) is 30.3 Å². The maximum Gasteiger partial charge on any atom is 0.320 e. The summed E-state index contributed by atoms with van der Waals surface area (Å²) in [4.78, 5) is 29.6. The van der Waals surface area contributed by atoms with Crippen molar-refractivity contribution in [1.82, 2.24) is 14.6 Å². The van der Waals surface area contributed by atoms with Crippen LogP contribution in [0.2, 0.25) is 0 Å². The third kappa shape index (κ3) is 7.28. The van der Waals surface area contributed by atoms with E-state index in [1.807, 2.05) is 30.3 Å². The molecule has 2 aromatic rings. The number of rotatable bonds is 10. The molecule has 0 saturated carbocycles. The van der Waals surface area contributed by atoms with Gasteiger partial charge in [-0.3, -0.25) is 14.6 Å². The van der Waals surface area contributed by atoms with Gasteiger partial charge in [0.05, 0.1) is 23.7 Å². The van der Waals surface area contributed by atoms with Gasteiger partial charge in [-0.15, -0.1) is 0 Å². The van der Waals surface area contributed by atoms with Crippen molar-refractivity contribution in [3.05, 3.63) is 66.0 Å². The topological polar surface area (TPSA) is 88.6 Å². The minimum absolute atomic E-state index is 0.106. The summed E-state index contributed by atoms with van der Waals surface area (Å²) in [6.45, 7) is 0.788. The highest BCUT2D eigenvalue weighted by Gasteiger charge is 2.16. The second-order valence-electron chi connectivity index (χ2n) is 5.75. The van der Waals surface area contributed by atoms with E-state index in [1.165, 1.54) is 13.3 Å². The molecule has 0 aliphatic rings. The Morgan fingerprint density at radius 2 is 1.96 bits per heavy atom. The van der Waals surface area contributed by atoms with Crippen LogP contribution in [0.3, 0.4) is 0 Å². The summed E-state index contributed by atoms with van der Waals surface area (Å²) in [5.41, 5.74) is 1.53. The van der Waals surface area contributed by atoms with Crippen molar-refractivity contribution in [3.63, 3.8) is 0 Å². The van der Waals surface area contributed by atoms with Crippen molar-refractivity contribution in [2.24, 2.45) is 0 Å². The Hall–Kier alpha value is -2.58. The van der Waals surface area contributed by atoms with E-state index in [9.17, 15) is 13.8 Å². The number of nitrogens with one attached hydrogen (secondary N) is 1. The lowest BCUT2D eigenvalue weighted by Crippen LogP contribution is -2.33. The zero-order valence-corrected chi connectivity index (χ0v) is 16.0. The second-order valence-corrected chi connectivity index (χ2v) is 7.14. The number of pyridine rings is 1.